The normalized spacial score (nSPS) is 38.2. The molecule has 0 radical (unpaired) electrons. The highest BCUT2D eigenvalue weighted by atomic mass is 16.8. The lowest BCUT2D eigenvalue weighted by molar-refractivity contribution is -0.343. The highest BCUT2D eigenvalue weighted by Gasteiger charge is 2.56. The number of hydrogen-bond donors (Lipinski definition) is 0. The van der Waals surface area contributed by atoms with Crippen molar-refractivity contribution in [1.29, 1.82) is 0 Å². The van der Waals surface area contributed by atoms with Crippen LogP contribution in [0.3, 0.4) is 0 Å². The molecule has 0 saturated carbocycles. The van der Waals surface area contributed by atoms with E-state index in [1.807, 2.05) is 60.7 Å². The Hall–Kier alpha value is -1.80. The summed E-state index contributed by atoms with van der Waals surface area (Å²) in [5.41, 5.74) is 1.94. The van der Waals surface area contributed by atoms with E-state index in [9.17, 15) is 0 Å². The van der Waals surface area contributed by atoms with Crippen LogP contribution in [0.2, 0.25) is 0 Å². The molecule has 2 aromatic carbocycles. The lowest BCUT2D eigenvalue weighted by Gasteiger charge is -2.45. The zero-order chi connectivity index (χ0) is 18.2. The summed E-state index contributed by atoms with van der Waals surface area (Å²) in [6, 6.07) is 19.8. The van der Waals surface area contributed by atoms with E-state index in [-0.39, 0.29) is 24.4 Å². The molecule has 0 spiro atoms. The quantitative estimate of drug-likeness (QED) is 0.828. The lowest BCUT2D eigenvalue weighted by atomic mass is 9.98. The average molecular weight is 370 g/mol. The minimum Gasteiger partial charge on any atom is -0.353 e. The molecule has 3 aliphatic heterocycles. The van der Waals surface area contributed by atoms with Gasteiger partial charge in [0.15, 0.2) is 18.9 Å². The number of fused-ring (bicyclic) bond motifs is 3. The van der Waals surface area contributed by atoms with E-state index >= 15 is 0 Å². The van der Waals surface area contributed by atoms with E-state index in [1.165, 1.54) is 0 Å². The Morgan fingerprint density at radius 1 is 0.704 bits per heavy atom. The average Bonchev–Trinajstić information content (AvgIpc) is 3.20. The van der Waals surface area contributed by atoms with Crippen molar-refractivity contribution in [2.45, 2.75) is 43.3 Å². The van der Waals surface area contributed by atoms with Crippen LogP contribution in [0.5, 0.6) is 0 Å². The van der Waals surface area contributed by atoms with Gasteiger partial charge < -0.3 is 28.4 Å². The second-order valence-electron chi connectivity index (χ2n) is 6.90. The predicted molar refractivity (Wildman–Crippen MR) is 94.6 cm³/mol. The van der Waals surface area contributed by atoms with Crippen molar-refractivity contribution in [3.8, 4) is 0 Å². The summed E-state index contributed by atoms with van der Waals surface area (Å²) in [4.78, 5) is 0. The van der Waals surface area contributed by atoms with Crippen LogP contribution >= 0.6 is 0 Å². The summed E-state index contributed by atoms with van der Waals surface area (Å²) < 4.78 is 36.1. The minimum atomic E-state index is -0.523. The van der Waals surface area contributed by atoms with Crippen LogP contribution in [0.4, 0.5) is 0 Å². The standard InChI is InChI=1S/C21H22O6/c1-22-21-18-17(26-20(27-18)14-10-6-3-7-11-14)16-15(24-21)12-23-19(25-16)13-8-4-2-5-9-13/h2-11,15-21H,12H2,1H3/t15-,16-,17+,18?,19-,20+,21+/m1/s1. The second-order valence-corrected chi connectivity index (χ2v) is 6.90. The van der Waals surface area contributed by atoms with Gasteiger partial charge in [-0.25, -0.2) is 0 Å². The molecule has 1 unspecified atom stereocenters. The SMILES string of the molecule is CO[C@H]1O[C@@H]2CO[C@@H](c3ccccc3)O[C@H]2[C@@H]2O[C@H](c3ccccc3)OC12. The molecule has 0 bridgehead atoms. The highest BCUT2D eigenvalue weighted by Crippen LogP contribution is 2.43. The molecule has 3 fully saturated rings. The Morgan fingerprint density at radius 2 is 1.30 bits per heavy atom. The fraction of sp³-hybridized carbons (Fsp3) is 0.429. The zero-order valence-electron chi connectivity index (χ0n) is 15.0. The van der Waals surface area contributed by atoms with Crippen LogP contribution in [-0.2, 0) is 28.4 Å². The molecule has 0 aliphatic carbocycles. The Labute approximate surface area is 157 Å². The summed E-state index contributed by atoms with van der Waals surface area (Å²) in [7, 11) is 1.61. The molecule has 3 heterocycles. The molecule has 0 aromatic heterocycles. The van der Waals surface area contributed by atoms with E-state index in [0.29, 0.717) is 6.61 Å². The molecule has 27 heavy (non-hydrogen) atoms. The molecule has 7 atom stereocenters. The largest absolute Gasteiger partial charge is 0.353 e. The second kappa shape index (κ2) is 7.31. The molecule has 142 valence electrons. The predicted octanol–water partition coefficient (Wildman–Crippen LogP) is 2.95. The van der Waals surface area contributed by atoms with Gasteiger partial charge in [-0.2, -0.15) is 0 Å². The summed E-state index contributed by atoms with van der Waals surface area (Å²) >= 11 is 0. The van der Waals surface area contributed by atoms with Gasteiger partial charge >= 0.3 is 0 Å². The van der Waals surface area contributed by atoms with Crippen molar-refractivity contribution < 1.29 is 28.4 Å². The Kier molecular flexibility index (Phi) is 4.69. The first-order chi connectivity index (χ1) is 13.3. The fourth-order valence-corrected chi connectivity index (χ4v) is 3.90. The Balaban J connectivity index is 1.39. The molecule has 6 heteroatoms. The van der Waals surface area contributed by atoms with E-state index in [2.05, 4.69) is 0 Å². The van der Waals surface area contributed by atoms with E-state index < -0.39 is 18.9 Å². The fourth-order valence-electron chi connectivity index (χ4n) is 3.90. The van der Waals surface area contributed by atoms with Crippen molar-refractivity contribution in [2.75, 3.05) is 13.7 Å². The van der Waals surface area contributed by atoms with Gasteiger partial charge in [0.2, 0.25) is 0 Å². The number of rotatable bonds is 3. The third kappa shape index (κ3) is 3.18. The lowest BCUT2D eigenvalue weighted by Crippen LogP contribution is -2.61. The Morgan fingerprint density at radius 3 is 1.96 bits per heavy atom. The smallest absolute Gasteiger partial charge is 0.186 e. The summed E-state index contributed by atoms with van der Waals surface area (Å²) in [6.45, 7) is 0.409. The van der Waals surface area contributed by atoms with Gasteiger partial charge in [0.1, 0.15) is 24.4 Å². The van der Waals surface area contributed by atoms with Crippen molar-refractivity contribution in [3.63, 3.8) is 0 Å². The molecule has 3 aliphatic rings. The maximum absolute atomic E-state index is 6.27. The number of benzene rings is 2. The van der Waals surface area contributed by atoms with Crippen LogP contribution in [0.25, 0.3) is 0 Å². The number of ether oxygens (including phenoxy) is 6. The van der Waals surface area contributed by atoms with Crippen LogP contribution in [0, 0.1) is 0 Å². The minimum absolute atomic E-state index is 0.269. The van der Waals surface area contributed by atoms with E-state index in [1.54, 1.807) is 7.11 Å². The van der Waals surface area contributed by atoms with Crippen LogP contribution in [-0.4, -0.2) is 44.4 Å². The maximum atomic E-state index is 6.27. The molecule has 0 N–H and O–H groups in total. The van der Waals surface area contributed by atoms with Crippen molar-refractivity contribution >= 4 is 0 Å². The van der Waals surface area contributed by atoms with Crippen molar-refractivity contribution in [2.24, 2.45) is 0 Å². The van der Waals surface area contributed by atoms with Gasteiger partial charge in [0, 0.05) is 18.2 Å². The van der Waals surface area contributed by atoms with Gasteiger partial charge in [0.05, 0.1) is 6.61 Å². The van der Waals surface area contributed by atoms with Crippen molar-refractivity contribution in [3.05, 3.63) is 71.8 Å². The van der Waals surface area contributed by atoms with Crippen LogP contribution in [0.15, 0.2) is 60.7 Å². The first-order valence-electron chi connectivity index (χ1n) is 9.19. The summed E-state index contributed by atoms with van der Waals surface area (Å²) in [6.07, 6.45) is -2.67. The van der Waals surface area contributed by atoms with Crippen LogP contribution < -0.4 is 0 Å². The molecular weight excluding hydrogens is 348 g/mol. The molecular formula is C21H22O6. The van der Waals surface area contributed by atoms with Gasteiger partial charge in [-0.3, -0.25) is 0 Å². The van der Waals surface area contributed by atoms with E-state index in [0.717, 1.165) is 11.1 Å². The highest BCUT2D eigenvalue weighted by molar-refractivity contribution is 5.18. The Bertz CT molecular complexity index is 754. The molecule has 3 saturated heterocycles. The topological polar surface area (TPSA) is 55.4 Å². The van der Waals surface area contributed by atoms with Crippen LogP contribution in [0.1, 0.15) is 23.7 Å². The maximum Gasteiger partial charge on any atom is 0.186 e. The van der Waals surface area contributed by atoms with Gasteiger partial charge in [-0.05, 0) is 0 Å². The first-order valence-corrected chi connectivity index (χ1v) is 9.19. The zero-order valence-corrected chi connectivity index (χ0v) is 15.0. The monoisotopic (exact) mass is 370 g/mol. The molecule has 0 amide bonds. The van der Waals surface area contributed by atoms with Gasteiger partial charge in [-0.1, -0.05) is 60.7 Å². The third-order valence-corrected chi connectivity index (χ3v) is 5.22. The summed E-state index contributed by atoms with van der Waals surface area (Å²) in [5, 5.41) is 0. The molecule has 5 rings (SSSR count). The van der Waals surface area contributed by atoms with E-state index in [4.69, 9.17) is 28.4 Å². The van der Waals surface area contributed by atoms with Crippen molar-refractivity contribution in [1.82, 2.24) is 0 Å². The van der Waals surface area contributed by atoms with Gasteiger partial charge in [0.25, 0.3) is 0 Å². The molecule has 2 aromatic rings. The molecule has 6 nitrogen and oxygen atoms in total. The number of methoxy groups -OCH3 is 1. The third-order valence-electron chi connectivity index (χ3n) is 5.22. The summed E-state index contributed by atoms with van der Waals surface area (Å²) in [5.74, 6) is 0. The van der Waals surface area contributed by atoms with Gasteiger partial charge in [-0.15, -0.1) is 0 Å². The number of hydrogen-bond acceptors (Lipinski definition) is 6. The first kappa shape index (κ1) is 17.3.